The van der Waals surface area contributed by atoms with E-state index in [-0.39, 0.29) is 20.9 Å². The molecule has 2 heterocycles. The molecule has 4 nitrogen and oxygen atoms in total. The van der Waals surface area contributed by atoms with E-state index in [1.165, 1.54) is 5.56 Å². The first-order valence-electron chi connectivity index (χ1n) is 6.80. The molecule has 0 aliphatic carbocycles. The summed E-state index contributed by atoms with van der Waals surface area (Å²) >= 11 is 0.252. The van der Waals surface area contributed by atoms with Crippen molar-refractivity contribution in [3.63, 3.8) is 0 Å². The van der Waals surface area contributed by atoms with Gasteiger partial charge in [0.1, 0.15) is 0 Å². The molecule has 0 atom stereocenters. The molecule has 1 aromatic carbocycles. The molecule has 1 aliphatic rings. The summed E-state index contributed by atoms with van der Waals surface area (Å²) in [5.74, 6) is -0.0148. The van der Waals surface area contributed by atoms with Gasteiger partial charge in [0, 0.05) is 0 Å². The first kappa shape index (κ1) is 14.0. The van der Waals surface area contributed by atoms with Crippen LogP contribution < -0.4 is 10.0 Å². The molecule has 5 heteroatoms. The quantitative estimate of drug-likeness (QED) is 0.848. The predicted octanol–water partition coefficient (Wildman–Crippen LogP) is 1.23. The molecule has 1 N–H and O–H groups in total. The van der Waals surface area contributed by atoms with Crippen LogP contribution in [0.5, 0.6) is 0 Å². The number of benzene rings is 1. The second-order valence-electron chi connectivity index (χ2n) is 4.72. The standard InChI is InChI=1S/C16H15N3OSe/c20-15-9-8-14(18-19-15)13-7-4-10-17-16(13)21-11-12-5-2-1-3-6-12/h1-7,10H,8-9,11H2,(H,19,20). The first-order chi connectivity index (χ1) is 10.3. The summed E-state index contributed by atoms with van der Waals surface area (Å²) in [6, 6.07) is 14.4. The van der Waals surface area contributed by atoms with Gasteiger partial charge in [-0.15, -0.1) is 0 Å². The van der Waals surface area contributed by atoms with Crippen molar-refractivity contribution >= 4 is 31.2 Å². The number of hydrogen-bond donors (Lipinski definition) is 1. The van der Waals surface area contributed by atoms with Crippen molar-refractivity contribution in [1.29, 1.82) is 0 Å². The molecular formula is C16H15N3OSe. The molecule has 1 aromatic heterocycles. The maximum absolute atomic E-state index is 11.2. The number of rotatable bonds is 4. The van der Waals surface area contributed by atoms with Gasteiger partial charge in [0.2, 0.25) is 0 Å². The summed E-state index contributed by atoms with van der Waals surface area (Å²) in [6.07, 6.45) is 3.01. The summed E-state index contributed by atoms with van der Waals surface area (Å²) in [6.45, 7) is 0. The maximum atomic E-state index is 11.2. The fraction of sp³-hybridized carbons (Fsp3) is 0.188. The number of hydrogen-bond acceptors (Lipinski definition) is 3. The van der Waals surface area contributed by atoms with Gasteiger partial charge in [-0.3, -0.25) is 0 Å². The zero-order valence-electron chi connectivity index (χ0n) is 11.5. The van der Waals surface area contributed by atoms with Gasteiger partial charge < -0.3 is 0 Å². The van der Waals surface area contributed by atoms with Gasteiger partial charge in [0.15, 0.2) is 0 Å². The number of carbonyl (C=O) groups excluding carboxylic acids is 1. The molecule has 1 aliphatic heterocycles. The summed E-state index contributed by atoms with van der Waals surface area (Å²) < 4.78 is 1.10. The van der Waals surface area contributed by atoms with Crippen LogP contribution in [0, 0.1) is 0 Å². The molecule has 106 valence electrons. The number of amides is 1. The van der Waals surface area contributed by atoms with Crippen LogP contribution in [-0.4, -0.2) is 31.6 Å². The van der Waals surface area contributed by atoms with Gasteiger partial charge in [-0.1, -0.05) is 0 Å². The van der Waals surface area contributed by atoms with E-state index in [1.54, 1.807) is 0 Å². The van der Waals surface area contributed by atoms with E-state index in [2.05, 4.69) is 39.8 Å². The summed E-state index contributed by atoms with van der Waals surface area (Å²) in [4.78, 5) is 15.7. The normalized spacial score (nSPS) is 14.5. The molecule has 1 amide bonds. The third-order valence-electron chi connectivity index (χ3n) is 3.20. The Morgan fingerprint density at radius 1 is 1.10 bits per heavy atom. The van der Waals surface area contributed by atoms with Crippen molar-refractivity contribution in [2.24, 2.45) is 5.10 Å². The average Bonchev–Trinajstić information content (AvgIpc) is 2.55. The van der Waals surface area contributed by atoms with Gasteiger partial charge in [-0.05, 0) is 0 Å². The Labute approximate surface area is 129 Å². The molecule has 0 spiro atoms. The monoisotopic (exact) mass is 345 g/mol. The van der Waals surface area contributed by atoms with Gasteiger partial charge in [0.05, 0.1) is 0 Å². The zero-order chi connectivity index (χ0) is 14.5. The third kappa shape index (κ3) is 3.57. The Morgan fingerprint density at radius 2 is 1.95 bits per heavy atom. The van der Waals surface area contributed by atoms with Crippen molar-refractivity contribution in [3.05, 3.63) is 59.8 Å². The number of aromatic nitrogens is 1. The van der Waals surface area contributed by atoms with Crippen LogP contribution in [0.2, 0.25) is 0 Å². The number of hydrazone groups is 1. The third-order valence-corrected chi connectivity index (χ3v) is 5.46. The molecule has 3 rings (SSSR count). The van der Waals surface area contributed by atoms with Crippen LogP contribution in [0.25, 0.3) is 0 Å². The van der Waals surface area contributed by atoms with E-state index < -0.39 is 0 Å². The molecule has 0 saturated heterocycles. The predicted molar refractivity (Wildman–Crippen MR) is 83.7 cm³/mol. The van der Waals surface area contributed by atoms with Gasteiger partial charge in [0.25, 0.3) is 0 Å². The fourth-order valence-electron chi connectivity index (χ4n) is 2.12. The van der Waals surface area contributed by atoms with E-state index in [0.717, 1.165) is 21.2 Å². The summed E-state index contributed by atoms with van der Waals surface area (Å²) in [5.41, 5.74) is 5.90. The zero-order valence-corrected chi connectivity index (χ0v) is 13.2. The molecule has 0 bridgehead atoms. The number of nitrogens with zero attached hydrogens (tertiary/aromatic N) is 2. The Hall–Kier alpha value is -1.97. The molecule has 0 unspecified atom stereocenters. The Bertz CT molecular complexity index is 670. The van der Waals surface area contributed by atoms with Crippen molar-refractivity contribution in [3.8, 4) is 0 Å². The first-order valence-corrected chi connectivity index (χ1v) is 8.87. The Balaban J connectivity index is 1.78. The molecular weight excluding hydrogens is 329 g/mol. The Kier molecular flexibility index (Phi) is 4.43. The number of nitrogens with one attached hydrogen (secondary N) is 1. The van der Waals surface area contributed by atoms with Crippen molar-refractivity contribution < 1.29 is 4.79 Å². The number of pyridine rings is 1. The topological polar surface area (TPSA) is 54.4 Å². The second-order valence-corrected chi connectivity index (χ2v) is 6.75. The van der Waals surface area contributed by atoms with E-state index in [9.17, 15) is 4.79 Å². The summed E-state index contributed by atoms with van der Waals surface area (Å²) in [7, 11) is 0. The van der Waals surface area contributed by atoms with Crippen LogP contribution in [0.4, 0.5) is 0 Å². The van der Waals surface area contributed by atoms with E-state index in [0.29, 0.717) is 12.8 Å². The molecule has 21 heavy (non-hydrogen) atoms. The molecule has 2 aromatic rings. The average molecular weight is 344 g/mol. The van der Waals surface area contributed by atoms with Crippen LogP contribution in [0.15, 0.2) is 53.8 Å². The molecule has 0 radical (unpaired) electrons. The van der Waals surface area contributed by atoms with Crippen LogP contribution in [-0.2, 0) is 10.1 Å². The van der Waals surface area contributed by atoms with Crippen LogP contribution in [0.1, 0.15) is 24.0 Å². The second kappa shape index (κ2) is 6.66. The number of carbonyl (C=O) groups is 1. The van der Waals surface area contributed by atoms with Gasteiger partial charge >= 0.3 is 129 Å². The van der Waals surface area contributed by atoms with E-state index in [1.807, 2.05) is 24.4 Å². The Morgan fingerprint density at radius 3 is 2.71 bits per heavy atom. The minimum atomic E-state index is -0.0148. The molecule has 0 fully saturated rings. The van der Waals surface area contributed by atoms with Gasteiger partial charge in [-0.2, -0.15) is 0 Å². The fourth-order valence-corrected chi connectivity index (χ4v) is 4.16. The van der Waals surface area contributed by atoms with Crippen molar-refractivity contribution in [1.82, 2.24) is 10.4 Å². The van der Waals surface area contributed by atoms with Crippen LogP contribution in [0.3, 0.4) is 0 Å². The molecule has 0 saturated carbocycles. The van der Waals surface area contributed by atoms with Crippen molar-refractivity contribution in [2.75, 3.05) is 0 Å². The summed E-state index contributed by atoms with van der Waals surface area (Å²) in [5, 5.41) is 5.19. The SMILES string of the molecule is O=C1CCC(c2cccnc2[Se]Cc2ccccc2)=NN1. The van der Waals surface area contributed by atoms with E-state index >= 15 is 0 Å². The van der Waals surface area contributed by atoms with Crippen LogP contribution >= 0.6 is 0 Å². The minimum absolute atomic E-state index is 0.0148. The van der Waals surface area contributed by atoms with Gasteiger partial charge in [-0.25, -0.2) is 0 Å². The van der Waals surface area contributed by atoms with E-state index in [4.69, 9.17) is 0 Å². The van der Waals surface area contributed by atoms with Crippen molar-refractivity contribution in [2.45, 2.75) is 18.2 Å².